The van der Waals surface area contributed by atoms with Gasteiger partial charge in [-0.1, -0.05) is 78.0 Å². The van der Waals surface area contributed by atoms with E-state index in [4.69, 9.17) is 16.3 Å². The summed E-state index contributed by atoms with van der Waals surface area (Å²) in [6.45, 7) is 0.300. The Morgan fingerprint density at radius 3 is 2.66 bits per heavy atom. The topological polar surface area (TPSA) is 51.2 Å². The van der Waals surface area contributed by atoms with Crippen LogP contribution in [0.15, 0.2) is 95.9 Å². The molecule has 1 amide bonds. The Morgan fingerprint density at radius 1 is 1.00 bits per heavy atom. The van der Waals surface area contributed by atoms with Gasteiger partial charge in [-0.3, -0.25) is 4.79 Å². The van der Waals surface area contributed by atoms with Crippen molar-refractivity contribution in [2.75, 3.05) is 5.32 Å². The predicted octanol–water partition coefficient (Wildman–Crippen LogP) is 6.56. The number of nitrogens with one attached hydrogen (secondary N) is 1. The molecule has 1 atom stereocenters. The van der Waals surface area contributed by atoms with Crippen molar-refractivity contribution in [1.29, 1.82) is 0 Å². The van der Waals surface area contributed by atoms with Crippen LogP contribution in [0.4, 0.5) is 5.69 Å². The van der Waals surface area contributed by atoms with Gasteiger partial charge in [-0.15, -0.1) is 0 Å². The van der Waals surface area contributed by atoms with Gasteiger partial charge in [0.25, 0.3) is 5.91 Å². The number of fused-ring (bicyclic) bond motifs is 2. The third-order valence-corrected chi connectivity index (χ3v) is 6.71. The third-order valence-electron chi connectivity index (χ3n) is 5.16. The summed E-state index contributed by atoms with van der Waals surface area (Å²) in [6.07, 6.45) is 3.61. The Morgan fingerprint density at radius 2 is 1.78 bits per heavy atom. The second-order valence-electron chi connectivity index (χ2n) is 7.40. The van der Waals surface area contributed by atoms with Crippen molar-refractivity contribution in [3.63, 3.8) is 0 Å². The molecule has 1 aliphatic heterocycles. The summed E-state index contributed by atoms with van der Waals surface area (Å²) in [5.41, 5.74) is 3.29. The molecule has 1 N–H and O–H groups in total. The highest BCUT2D eigenvalue weighted by atomic mass is 35.5. The summed E-state index contributed by atoms with van der Waals surface area (Å²) < 4.78 is 6.27. The van der Waals surface area contributed by atoms with Crippen LogP contribution < -0.4 is 5.32 Å². The summed E-state index contributed by atoms with van der Waals surface area (Å²) in [6, 6.07) is 27.0. The van der Waals surface area contributed by atoms with E-state index in [2.05, 4.69) is 10.3 Å². The Labute approximate surface area is 195 Å². The highest BCUT2D eigenvalue weighted by Gasteiger charge is 2.42. The molecule has 3 aromatic carbocycles. The number of anilines is 1. The summed E-state index contributed by atoms with van der Waals surface area (Å²) >= 11 is 7.51. The molecule has 0 bridgehead atoms. The van der Waals surface area contributed by atoms with Gasteiger partial charge in [-0.05, 0) is 48.0 Å². The number of ether oxygens (including phenoxy) is 1. The quantitative estimate of drug-likeness (QED) is 0.368. The number of thioether (sulfide) groups is 1. The van der Waals surface area contributed by atoms with Crippen molar-refractivity contribution in [3.8, 4) is 0 Å². The van der Waals surface area contributed by atoms with Gasteiger partial charge >= 0.3 is 0 Å². The number of rotatable bonds is 5. The van der Waals surface area contributed by atoms with E-state index >= 15 is 0 Å². The van der Waals surface area contributed by atoms with Gasteiger partial charge in [-0.25, -0.2) is 4.98 Å². The van der Waals surface area contributed by atoms with Crippen molar-refractivity contribution in [1.82, 2.24) is 4.98 Å². The van der Waals surface area contributed by atoms with Crippen LogP contribution in [-0.2, 0) is 16.1 Å². The zero-order valence-corrected chi connectivity index (χ0v) is 18.6. The van der Waals surface area contributed by atoms with E-state index in [1.165, 1.54) is 11.8 Å². The molecule has 4 nitrogen and oxygen atoms in total. The molecule has 32 heavy (non-hydrogen) atoms. The maximum atomic E-state index is 13.2. The molecule has 0 aliphatic carbocycles. The number of pyridine rings is 1. The molecule has 0 fully saturated rings. The molecule has 158 valence electrons. The zero-order valence-electron chi connectivity index (χ0n) is 17.0. The minimum absolute atomic E-state index is 0.225. The molecule has 0 spiro atoms. The van der Waals surface area contributed by atoms with Crippen LogP contribution in [0.1, 0.15) is 11.3 Å². The van der Waals surface area contributed by atoms with Crippen LogP contribution in [0.2, 0.25) is 5.02 Å². The van der Waals surface area contributed by atoms with Crippen molar-refractivity contribution in [2.45, 2.75) is 16.4 Å². The normalized spacial score (nSPS) is 18.0. The van der Waals surface area contributed by atoms with E-state index in [9.17, 15) is 4.79 Å². The Kier molecular flexibility index (Phi) is 5.70. The van der Waals surface area contributed by atoms with Crippen molar-refractivity contribution in [3.05, 3.63) is 107 Å². The van der Waals surface area contributed by atoms with Crippen LogP contribution in [-0.4, -0.2) is 15.8 Å². The van der Waals surface area contributed by atoms with Crippen molar-refractivity contribution in [2.24, 2.45) is 0 Å². The first kappa shape index (κ1) is 20.8. The lowest BCUT2D eigenvalue weighted by molar-refractivity contribution is -0.128. The van der Waals surface area contributed by atoms with E-state index in [0.29, 0.717) is 11.6 Å². The SMILES string of the molecule is O=C1Nc2ccccc2SC1(C=Cc1ccc2ccc(Cl)cc2n1)OCc1ccccc1. The summed E-state index contributed by atoms with van der Waals surface area (Å²) in [5, 5.41) is 4.62. The maximum Gasteiger partial charge on any atom is 0.271 e. The van der Waals surface area contributed by atoms with Gasteiger partial charge in [0.2, 0.25) is 4.93 Å². The number of carbonyl (C=O) groups excluding carboxylic acids is 1. The van der Waals surface area contributed by atoms with E-state index < -0.39 is 4.93 Å². The molecule has 4 aromatic rings. The van der Waals surface area contributed by atoms with Gasteiger partial charge in [0.15, 0.2) is 0 Å². The number of aromatic nitrogens is 1. The molecule has 0 saturated heterocycles. The highest BCUT2D eigenvalue weighted by Crippen LogP contribution is 2.44. The largest absolute Gasteiger partial charge is 0.347 e. The molecular formula is C26H19ClN2O2S. The van der Waals surface area contributed by atoms with Gasteiger partial charge in [0, 0.05) is 15.3 Å². The van der Waals surface area contributed by atoms with E-state index in [-0.39, 0.29) is 5.91 Å². The first-order chi connectivity index (χ1) is 15.6. The number of hydrogen-bond acceptors (Lipinski definition) is 4. The minimum atomic E-state index is -1.23. The fourth-order valence-corrected chi connectivity index (χ4v) is 4.76. The van der Waals surface area contributed by atoms with Crippen molar-refractivity contribution >= 4 is 51.9 Å². The Balaban J connectivity index is 1.50. The van der Waals surface area contributed by atoms with Crippen LogP contribution in [0.3, 0.4) is 0 Å². The third kappa shape index (κ3) is 4.28. The van der Waals surface area contributed by atoms with E-state index in [0.717, 1.165) is 32.7 Å². The number of nitrogens with zero attached hydrogens (tertiary/aromatic N) is 1. The second kappa shape index (κ2) is 8.79. The summed E-state index contributed by atoms with van der Waals surface area (Å²) in [5.74, 6) is -0.225. The Hall–Kier alpha value is -3.12. The fraction of sp³-hybridized carbons (Fsp3) is 0.0769. The van der Waals surface area contributed by atoms with Gasteiger partial charge in [0.1, 0.15) is 0 Å². The number of para-hydroxylation sites is 1. The van der Waals surface area contributed by atoms with Crippen LogP contribution in [0, 0.1) is 0 Å². The first-order valence-electron chi connectivity index (χ1n) is 10.1. The number of hydrogen-bond donors (Lipinski definition) is 1. The van der Waals surface area contributed by atoms with Gasteiger partial charge < -0.3 is 10.1 Å². The molecule has 5 rings (SSSR count). The lowest BCUT2D eigenvalue weighted by Gasteiger charge is -2.33. The Bertz CT molecular complexity index is 1330. The second-order valence-corrected chi connectivity index (χ2v) is 9.09. The predicted molar refractivity (Wildman–Crippen MR) is 131 cm³/mol. The molecule has 0 radical (unpaired) electrons. The average molecular weight is 459 g/mol. The van der Waals surface area contributed by atoms with Crippen molar-refractivity contribution < 1.29 is 9.53 Å². The van der Waals surface area contributed by atoms with E-state index in [1.807, 2.05) is 91.0 Å². The van der Waals surface area contributed by atoms with Gasteiger partial charge in [-0.2, -0.15) is 0 Å². The van der Waals surface area contributed by atoms with Crippen LogP contribution in [0.25, 0.3) is 17.0 Å². The lowest BCUT2D eigenvalue weighted by Crippen LogP contribution is -2.43. The monoisotopic (exact) mass is 458 g/mol. The number of amides is 1. The minimum Gasteiger partial charge on any atom is -0.347 e. The molecule has 2 heterocycles. The average Bonchev–Trinajstić information content (AvgIpc) is 2.82. The number of carbonyl (C=O) groups is 1. The molecule has 0 saturated carbocycles. The lowest BCUT2D eigenvalue weighted by atomic mass is 10.1. The summed E-state index contributed by atoms with van der Waals surface area (Å²) in [4.78, 5) is 17.6. The standard InChI is InChI=1S/C26H19ClN2O2S/c27-20-12-10-19-11-13-21(28-23(19)16-20)14-15-26(31-17-18-6-2-1-3-7-18)25(30)29-22-8-4-5-9-24(22)32-26/h1-16H,17H2,(H,29,30). The van der Waals surface area contributed by atoms with Crippen LogP contribution >= 0.6 is 23.4 Å². The zero-order chi connectivity index (χ0) is 22.0. The number of halogens is 1. The molecular weight excluding hydrogens is 440 g/mol. The molecule has 1 aromatic heterocycles. The van der Waals surface area contributed by atoms with E-state index in [1.54, 1.807) is 6.08 Å². The molecule has 1 unspecified atom stereocenters. The van der Waals surface area contributed by atoms with Gasteiger partial charge in [0.05, 0.1) is 23.5 Å². The maximum absolute atomic E-state index is 13.2. The first-order valence-corrected chi connectivity index (χ1v) is 11.3. The highest BCUT2D eigenvalue weighted by molar-refractivity contribution is 8.01. The van der Waals surface area contributed by atoms with Crippen LogP contribution in [0.5, 0.6) is 0 Å². The summed E-state index contributed by atoms with van der Waals surface area (Å²) in [7, 11) is 0. The molecule has 1 aliphatic rings. The molecule has 6 heteroatoms. The number of benzene rings is 3. The fourth-order valence-electron chi connectivity index (χ4n) is 3.49. The smallest absolute Gasteiger partial charge is 0.271 e.